The van der Waals surface area contributed by atoms with E-state index in [0.717, 1.165) is 0 Å². The van der Waals surface area contributed by atoms with E-state index < -0.39 is 41.8 Å². The summed E-state index contributed by atoms with van der Waals surface area (Å²) in [5.41, 5.74) is 0. The van der Waals surface area contributed by atoms with Crippen molar-refractivity contribution in [3.8, 4) is 0 Å². The Morgan fingerprint density at radius 1 is 1.59 bits per heavy atom. The van der Waals surface area contributed by atoms with Crippen molar-refractivity contribution >= 4 is 24.0 Å². The number of rotatable bonds is 4. The number of ether oxygens (including phenoxy) is 2. The SMILES string of the molecule is O=C1OCCCCC1C(=O)OCC(F)(F)SO. The van der Waals surface area contributed by atoms with Crippen molar-refractivity contribution in [1.29, 1.82) is 0 Å². The highest BCUT2D eigenvalue weighted by atomic mass is 32.2. The number of carbonyl (C=O) groups excluding carboxylic acids is 2. The zero-order chi connectivity index (χ0) is 12.9. The third kappa shape index (κ3) is 4.47. The van der Waals surface area contributed by atoms with Crippen molar-refractivity contribution in [1.82, 2.24) is 0 Å². The van der Waals surface area contributed by atoms with Crippen molar-refractivity contribution in [2.45, 2.75) is 24.5 Å². The van der Waals surface area contributed by atoms with Gasteiger partial charge in [0.2, 0.25) is 0 Å². The van der Waals surface area contributed by atoms with Gasteiger partial charge in [-0.1, -0.05) is 0 Å². The van der Waals surface area contributed by atoms with Crippen LogP contribution >= 0.6 is 12.0 Å². The minimum absolute atomic E-state index is 0.227. The number of alkyl halides is 2. The van der Waals surface area contributed by atoms with Gasteiger partial charge in [-0.15, -0.1) is 0 Å². The van der Waals surface area contributed by atoms with Crippen LogP contribution in [0.2, 0.25) is 0 Å². The molecule has 1 N–H and O–H groups in total. The molecule has 1 fully saturated rings. The van der Waals surface area contributed by atoms with Gasteiger partial charge < -0.3 is 14.0 Å². The highest BCUT2D eigenvalue weighted by Crippen LogP contribution is 2.27. The number of esters is 2. The molecule has 1 aliphatic heterocycles. The number of hydrogen-bond donors (Lipinski definition) is 1. The molecule has 1 atom stereocenters. The van der Waals surface area contributed by atoms with E-state index in [1.54, 1.807) is 0 Å². The summed E-state index contributed by atoms with van der Waals surface area (Å²) in [6, 6.07) is 0. The third-order valence-electron chi connectivity index (χ3n) is 2.22. The number of cyclic esters (lactones) is 1. The molecule has 1 aliphatic rings. The first-order valence-corrected chi connectivity index (χ1v) is 5.77. The lowest BCUT2D eigenvalue weighted by Crippen LogP contribution is -2.30. The van der Waals surface area contributed by atoms with Gasteiger partial charge >= 0.3 is 17.2 Å². The standard InChI is InChI=1S/C9H12F2O5S/c10-9(11,17-14)5-16-8(13)6-3-1-2-4-15-7(6)12/h6,14H,1-5H2. The van der Waals surface area contributed by atoms with Crippen molar-refractivity contribution < 1.29 is 32.4 Å². The van der Waals surface area contributed by atoms with Gasteiger partial charge in [0.1, 0.15) is 0 Å². The molecular weight excluding hydrogens is 258 g/mol. The van der Waals surface area contributed by atoms with Crippen LogP contribution < -0.4 is 0 Å². The first-order chi connectivity index (χ1) is 7.96. The number of hydrogen-bond acceptors (Lipinski definition) is 6. The van der Waals surface area contributed by atoms with Gasteiger partial charge in [-0.25, -0.2) is 0 Å². The predicted octanol–water partition coefficient (Wildman–Crippen LogP) is 1.67. The summed E-state index contributed by atoms with van der Waals surface area (Å²) in [6.07, 6.45) is 1.46. The molecule has 0 aromatic carbocycles. The van der Waals surface area contributed by atoms with Gasteiger partial charge in [-0.05, 0) is 19.3 Å². The molecule has 8 heteroatoms. The first-order valence-electron chi connectivity index (χ1n) is 5.00. The summed E-state index contributed by atoms with van der Waals surface area (Å²) in [5.74, 6) is -2.92. The lowest BCUT2D eigenvalue weighted by atomic mass is 10.0. The van der Waals surface area contributed by atoms with Crippen LogP contribution in [0.1, 0.15) is 19.3 Å². The second-order valence-corrected chi connectivity index (χ2v) is 4.33. The molecule has 0 amide bonds. The molecule has 5 nitrogen and oxygen atoms in total. The molecule has 1 rings (SSSR count). The van der Waals surface area contributed by atoms with Gasteiger partial charge in [0, 0.05) is 0 Å². The summed E-state index contributed by atoms with van der Waals surface area (Å²) in [7, 11) is 0. The van der Waals surface area contributed by atoms with Gasteiger partial charge in [0.15, 0.2) is 12.5 Å². The molecule has 0 saturated carbocycles. The molecule has 1 heterocycles. The molecule has 0 aromatic heterocycles. The summed E-state index contributed by atoms with van der Waals surface area (Å²) in [5, 5.41) is -3.57. The maximum atomic E-state index is 12.6. The Kier molecular flexibility index (Phi) is 5.13. The molecule has 1 saturated heterocycles. The Bertz CT molecular complexity index is 297. The van der Waals surface area contributed by atoms with Gasteiger partial charge in [-0.2, -0.15) is 8.78 Å². The molecule has 0 radical (unpaired) electrons. The fraction of sp³-hybridized carbons (Fsp3) is 0.778. The molecule has 1 unspecified atom stereocenters. The predicted molar refractivity (Wildman–Crippen MR) is 54.4 cm³/mol. The fourth-order valence-electron chi connectivity index (χ4n) is 1.34. The highest BCUT2D eigenvalue weighted by molar-refractivity contribution is 7.94. The smallest absolute Gasteiger partial charge is 0.351 e. The van der Waals surface area contributed by atoms with Crippen molar-refractivity contribution in [3.05, 3.63) is 0 Å². The topological polar surface area (TPSA) is 72.8 Å². The maximum absolute atomic E-state index is 12.6. The Balaban J connectivity index is 2.48. The van der Waals surface area contributed by atoms with E-state index in [4.69, 9.17) is 9.29 Å². The highest BCUT2D eigenvalue weighted by Gasteiger charge is 2.36. The van der Waals surface area contributed by atoms with Crippen LogP contribution in [0.25, 0.3) is 0 Å². The lowest BCUT2D eigenvalue weighted by Gasteiger charge is -2.15. The van der Waals surface area contributed by atoms with Gasteiger partial charge in [0.05, 0.1) is 18.6 Å². The van der Waals surface area contributed by atoms with Crippen LogP contribution in [0.4, 0.5) is 8.78 Å². The van der Waals surface area contributed by atoms with Crippen LogP contribution in [0, 0.1) is 5.92 Å². The Morgan fingerprint density at radius 3 is 2.94 bits per heavy atom. The molecule has 98 valence electrons. The van der Waals surface area contributed by atoms with E-state index in [9.17, 15) is 18.4 Å². The molecular formula is C9H12F2O5S. The molecule has 0 bridgehead atoms. The summed E-state index contributed by atoms with van der Waals surface area (Å²) in [4.78, 5) is 22.7. The van der Waals surface area contributed by atoms with E-state index in [1.807, 2.05) is 0 Å². The zero-order valence-corrected chi connectivity index (χ0v) is 9.67. The van der Waals surface area contributed by atoms with Crippen LogP contribution in [-0.4, -0.2) is 35.0 Å². The van der Waals surface area contributed by atoms with E-state index in [2.05, 4.69) is 4.74 Å². The summed E-state index contributed by atoms with van der Waals surface area (Å²) in [6.45, 7) is -1.04. The molecule has 17 heavy (non-hydrogen) atoms. The van der Waals surface area contributed by atoms with Crippen molar-refractivity contribution in [3.63, 3.8) is 0 Å². The average molecular weight is 270 g/mol. The zero-order valence-electron chi connectivity index (χ0n) is 8.86. The Labute approximate surface area is 101 Å². The second-order valence-electron chi connectivity index (χ2n) is 3.55. The maximum Gasteiger partial charge on any atom is 0.351 e. The largest absolute Gasteiger partial charge is 0.465 e. The monoisotopic (exact) mass is 270 g/mol. The summed E-state index contributed by atoms with van der Waals surface area (Å²) < 4.78 is 42.4. The van der Waals surface area contributed by atoms with Crippen LogP contribution in [0.5, 0.6) is 0 Å². The summed E-state index contributed by atoms with van der Waals surface area (Å²) >= 11 is -0.706. The van der Waals surface area contributed by atoms with Crippen LogP contribution in [-0.2, 0) is 19.1 Å². The fourth-order valence-corrected chi connectivity index (χ4v) is 1.45. The average Bonchev–Trinajstić information content (AvgIpc) is 2.51. The quantitative estimate of drug-likeness (QED) is 0.476. The normalized spacial score (nSPS) is 21.6. The number of carbonyl (C=O) groups is 2. The van der Waals surface area contributed by atoms with Gasteiger partial charge in [-0.3, -0.25) is 9.59 Å². The minimum atomic E-state index is -3.57. The first kappa shape index (κ1) is 14.2. The van der Waals surface area contributed by atoms with Crippen LogP contribution in [0.3, 0.4) is 0 Å². The Morgan fingerprint density at radius 2 is 2.29 bits per heavy atom. The van der Waals surface area contributed by atoms with Crippen molar-refractivity contribution in [2.75, 3.05) is 13.2 Å². The minimum Gasteiger partial charge on any atom is -0.465 e. The molecule has 0 aliphatic carbocycles. The van der Waals surface area contributed by atoms with Crippen molar-refractivity contribution in [2.24, 2.45) is 5.92 Å². The van der Waals surface area contributed by atoms with Crippen LogP contribution in [0.15, 0.2) is 0 Å². The number of halogens is 2. The second kappa shape index (κ2) is 6.15. The lowest BCUT2D eigenvalue weighted by molar-refractivity contribution is -0.164. The molecule has 0 aromatic rings. The van der Waals surface area contributed by atoms with Gasteiger partial charge in [0.25, 0.3) is 0 Å². The van der Waals surface area contributed by atoms with E-state index in [1.165, 1.54) is 0 Å². The Hall–Kier alpha value is -0.890. The van der Waals surface area contributed by atoms with E-state index in [-0.39, 0.29) is 13.0 Å². The third-order valence-corrected chi connectivity index (χ3v) is 2.60. The molecule has 0 spiro atoms. The van der Waals surface area contributed by atoms with E-state index in [0.29, 0.717) is 12.8 Å². The van der Waals surface area contributed by atoms with E-state index >= 15 is 0 Å².